The Morgan fingerprint density at radius 1 is 1.35 bits per heavy atom. The van der Waals surface area contributed by atoms with Gasteiger partial charge >= 0.3 is 0 Å². The van der Waals surface area contributed by atoms with E-state index in [0.717, 1.165) is 67.9 Å². The van der Waals surface area contributed by atoms with E-state index in [1.54, 1.807) is 13.1 Å². The molecule has 170 valence electrons. The van der Waals surface area contributed by atoms with Crippen LogP contribution in [-0.2, 0) is 6.54 Å². The summed E-state index contributed by atoms with van der Waals surface area (Å²) in [7, 11) is 3.21. The molecule has 0 bridgehead atoms. The first-order chi connectivity index (χ1) is 14.9. The number of aliphatic imine (C=N–C) groups is 1. The maximum Gasteiger partial charge on any atom is 0.208 e. The summed E-state index contributed by atoms with van der Waals surface area (Å²) in [4.78, 5) is 11.2. The second-order valence-electron chi connectivity index (χ2n) is 8.18. The standard InChI is InChI=1S/C23H34FN5O2/c1-15-17(3)31-22(27-15)14-29-10-8-18(9-11-29)13-26-23(25-4)28-16(2)19-6-7-21(30-5)20(24)12-19/h6-7,12,16,18H,8-11,13-14H2,1-5H3,(H2,25,26,28). The molecule has 0 radical (unpaired) electrons. The third-order valence-electron chi connectivity index (χ3n) is 5.95. The predicted octanol–water partition coefficient (Wildman–Crippen LogP) is 3.58. The van der Waals surface area contributed by atoms with Crippen LogP contribution in [0.1, 0.15) is 48.7 Å². The Morgan fingerprint density at radius 3 is 2.68 bits per heavy atom. The van der Waals surface area contributed by atoms with E-state index in [0.29, 0.717) is 5.92 Å². The van der Waals surface area contributed by atoms with Crippen molar-refractivity contribution in [2.24, 2.45) is 10.9 Å². The van der Waals surface area contributed by atoms with Gasteiger partial charge in [-0.2, -0.15) is 0 Å². The van der Waals surface area contributed by atoms with Crippen molar-refractivity contribution in [1.29, 1.82) is 0 Å². The second-order valence-corrected chi connectivity index (χ2v) is 8.18. The lowest BCUT2D eigenvalue weighted by Gasteiger charge is -2.31. The van der Waals surface area contributed by atoms with Gasteiger partial charge in [-0.1, -0.05) is 6.07 Å². The van der Waals surface area contributed by atoms with E-state index in [9.17, 15) is 4.39 Å². The highest BCUT2D eigenvalue weighted by Crippen LogP contribution is 2.22. The number of aromatic nitrogens is 1. The van der Waals surface area contributed by atoms with Gasteiger partial charge in [0.15, 0.2) is 17.5 Å². The van der Waals surface area contributed by atoms with Crippen LogP contribution in [0, 0.1) is 25.6 Å². The molecule has 1 aliphatic rings. The van der Waals surface area contributed by atoms with Crippen LogP contribution in [-0.4, -0.2) is 49.6 Å². The van der Waals surface area contributed by atoms with Gasteiger partial charge in [-0.15, -0.1) is 0 Å². The number of hydrogen-bond donors (Lipinski definition) is 2. The van der Waals surface area contributed by atoms with Crippen molar-refractivity contribution in [3.05, 3.63) is 46.9 Å². The van der Waals surface area contributed by atoms with Crippen LogP contribution in [0.15, 0.2) is 27.6 Å². The van der Waals surface area contributed by atoms with Gasteiger partial charge in [-0.05, 0) is 70.3 Å². The van der Waals surface area contributed by atoms with E-state index in [1.807, 2.05) is 26.8 Å². The smallest absolute Gasteiger partial charge is 0.208 e. The van der Waals surface area contributed by atoms with E-state index < -0.39 is 0 Å². The van der Waals surface area contributed by atoms with Crippen LogP contribution in [0.2, 0.25) is 0 Å². The van der Waals surface area contributed by atoms with E-state index in [1.165, 1.54) is 13.2 Å². The molecular formula is C23H34FN5O2. The van der Waals surface area contributed by atoms with Crippen LogP contribution < -0.4 is 15.4 Å². The lowest BCUT2D eigenvalue weighted by Crippen LogP contribution is -2.43. The molecule has 2 aromatic rings. The summed E-state index contributed by atoms with van der Waals surface area (Å²) < 4.78 is 24.7. The summed E-state index contributed by atoms with van der Waals surface area (Å²) in [5.41, 5.74) is 1.81. The van der Waals surface area contributed by atoms with Gasteiger partial charge in [-0.25, -0.2) is 9.37 Å². The zero-order valence-corrected chi connectivity index (χ0v) is 19.2. The van der Waals surface area contributed by atoms with E-state index in [4.69, 9.17) is 9.15 Å². The molecule has 1 fully saturated rings. The number of benzene rings is 1. The minimum Gasteiger partial charge on any atom is -0.494 e. The molecule has 8 heteroatoms. The number of hydrogen-bond acceptors (Lipinski definition) is 5. The summed E-state index contributed by atoms with van der Waals surface area (Å²) in [6.45, 7) is 9.60. The summed E-state index contributed by atoms with van der Waals surface area (Å²) in [6, 6.07) is 4.92. The van der Waals surface area contributed by atoms with Crippen molar-refractivity contribution in [3.63, 3.8) is 0 Å². The molecule has 1 unspecified atom stereocenters. The van der Waals surface area contributed by atoms with Gasteiger partial charge in [0.05, 0.1) is 25.4 Å². The first kappa shape index (κ1) is 23.1. The SMILES string of the molecule is CN=C(NCC1CCN(Cc2nc(C)c(C)o2)CC1)NC(C)c1ccc(OC)c(F)c1. The molecule has 3 rings (SSSR count). The summed E-state index contributed by atoms with van der Waals surface area (Å²) in [5, 5.41) is 6.76. The zero-order chi connectivity index (χ0) is 22.4. The van der Waals surface area contributed by atoms with E-state index >= 15 is 0 Å². The Balaban J connectivity index is 1.43. The monoisotopic (exact) mass is 431 g/mol. The molecule has 2 heterocycles. The number of piperidine rings is 1. The fourth-order valence-electron chi connectivity index (χ4n) is 3.82. The van der Waals surface area contributed by atoms with Crippen molar-refractivity contribution < 1.29 is 13.5 Å². The van der Waals surface area contributed by atoms with Gasteiger partial charge in [0.1, 0.15) is 5.76 Å². The largest absolute Gasteiger partial charge is 0.494 e. The molecular weight excluding hydrogens is 397 g/mol. The predicted molar refractivity (Wildman–Crippen MR) is 120 cm³/mol. The third-order valence-corrected chi connectivity index (χ3v) is 5.95. The van der Waals surface area contributed by atoms with Crippen molar-refractivity contribution in [3.8, 4) is 5.75 Å². The number of nitrogens with zero attached hydrogens (tertiary/aromatic N) is 3. The van der Waals surface area contributed by atoms with Gasteiger partial charge in [-0.3, -0.25) is 9.89 Å². The number of halogens is 1. The van der Waals surface area contributed by atoms with Crippen LogP contribution in [0.5, 0.6) is 5.75 Å². The number of guanidine groups is 1. The van der Waals surface area contributed by atoms with Crippen LogP contribution in [0.3, 0.4) is 0 Å². The summed E-state index contributed by atoms with van der Waals surface area (Å²) in [5.74, 6) is 2.89. The number of ether oxygens (including phenoxy) is 1. The maximum absolute atomic E-state index is 14.0. The fourth-order valence-corrected chi connectivity index (χ4v) is 3.82. The van der Waals surface area contributed by atoms with Crippen LogP contribution in [0.25, 0.3) is 0 Å². The number of rotatable bonds is 7. The molecule has 7 nitrogen and oxygen atoms in total. The molecule has 1 atom stereocenters. The molecule has 31 heavy (non-hydrogen) atoms. The van der Waals surface area contributed by atoms with E-state index in [-0.39, 0.29) is 17.6 Å². The highest BCUT2D eigenvalue weighted by Gasteiger charge is 2.21. The average Bonchev–Trinajstić information content (AvgIpc) is 3.08. The molecule has 0 aliphatic carbocycles. The van der Waals surface area contributed by atoms with Crippen LogP contribution in [0.4, 0.5) is 4.39 Å². The molecule has 0 saturated carbocycles. The van der Waals surface area contributed by atoms with Crippen molar-refractivity contribution in [2.75, 3.05) is 33.8 Å². The minimum absolute atomic E-state index is 0.0823. The average molecular weight is 432 g/mol. The Morgan fingerprint density at radius 2 is 2.10 bits per heavy atom. The number of methoxy groups -OCH3 is 1. The fraction of sp³-hybridized carbons (Fsp3) is 0.565. The van der Waals surface area contributed by atoms with Crippen molar-refractivity contribution >= 4 is 5.96 Å². The first-order valence-electron chi connectivity index (χ1n) is 10.9. The molecule has 2 N–H and O–H groups in total. The molecule has 1 aliphatic heterocycles. The molecule has 0 amide bonds. The van der Waals surface area contributed by atoms with Crippen LogP contribution >= 0.6 is 0 Å². The molecule has 1 saturated heterocycles. The Kier molecular flexibility index (Phi) is 7.90. The number of oxazole rings is 1. The number of aryl methyl sites for hydroxylation is 2. The lowest BCUT2D eigenvalue weighted by atomic mass is 9.97. The second kappa shape index (κ2) is 10.6. The number of likely N-dealkylation sites (tertiary alicyclic amines) is 1. The molecule has 0 spiro atoms. The van der Waals surface area contributed by atoms with Crippen molar-refractivity contribution in [1.82, 2.24) is 20.5 Å². The van der Waals surface area contributed by atoms with Gasteiger partial charge in [0.2, 0.25) is 5.89 Å². The highest BCUT2D eigenvalue weighted by molar-refractivity contribution is 5.80. The third kappa shape index (κ3) is 6.19. The number of nitrogens with one attached hydrogen (secondary N) is 2. The quantitative estimate of drug-likeness (QED) is 0.516. The Labute approximate surface area is 184 Å². The molecule has 1 aromatic carbocycles. The normalized spacial score (nSPS) is 16.9. The maximum atomic E-state index is 14.0. The van der Waals surface area contributed by atoms with Gasteiger partial charge in [0, 0.05) is 13.6 Å². The van der Waals surface area contributed by atoms with Gasteiger partial charge < -0.3 is 19.8 Å². The van der Waals surface area contributed by atoms with E-state index in [2.05, 4.69) is 25.5 Å². The van der Waals surface area contributed by atoms with Crippen molar-refractivity contribution in [2.45, 2.75) is 46.2 Å². The van der Waals surface area contributed by atoms with Gasteiger partial charge in [0.25, 0.3) is 0 Å². The molecule has 1 aromatic heterocycles. The Bertz CT molecular complexity index is 871. The first-order valence-corrected chi connectivity index (χ1v) is 10.9. The summed E-state index contributed by atoms with van der Waals surface area (Å²) >= 11 is 0. The zero-order valence-electron chi connectivity index (χ0n) is 19.2. The topological polar surface area (TPSA) is 74.9 Å². The Hall–Kier alpha value is -2.61. The minimum atomic E-state index is -0.363. The highest BCUT2D eigenvalue weighted by atomic mass is 19.1. The lowest BCUT2D eigenvalue weighted by molar-refractivity contribution is 0.164. The summed E-state index contributed by atoms with van der Waals surface area (Å²) in [6.07, 6.45) is 2.23.